The molecule has 0 heterocycles. The maximum atomic E-state index is 3.34. The third-order valence-electron chi connectivity index (χ3n) is 2.69. The average Bonchev–Trinajstić information content (AvgIpc) is 2.66. The zero-order chi connectivity index (χ0) is 7.52. The van der Waals surface area contributed by atoms with Crippen LogP contribution in [0.4, 0.5) is 0 Å². The van der Waals surface area contributed by atoms with Crippen molar-refractivity contribution in [1.82, 2.24) is 0 Å². The molecular formula is C11H16. The van der Waals surface area contributed by atoms with E-state index in [-0.39, 0.29) is 0 Å². The lowest BCUT2D eigenvalue weighted by molar-refractivity contribution is 0.686. The van der Waals surface area contributed by atoms with Crippen LogP contribution in [0.2, 0.25) is 0 Å². The summed E-state index contributed by atoms with van der Waals surface area (Å²) in [6.45, 7) is 0. The molecule has 0 bridgehead atoms. The first-order chi connectivity index (χ1) is 5.45. The van der Waals surface area contributed by atoms with Gasteiger partial charge in [0.2, 0.25) is 0 Å². The van der Waals surface area contributed by atoms with E-state index < -0.39 is 0 Å². The highest BCUT2D eigenvalue weighted by Gasteiger charge is 2.17. The van der Waals surface area contributed by atoms with Crippen LogP contribution in [-0.4, -0.2) is 0 Å². The Morgan fingerprint density at radius 3 is 1.91 bits per heavy atom. The largest absolute Gasteiger partial charge is 0.129 e. The number of hydrogen-bond acceptors (Lipinski definition) is 0. The van der Waals surface area contributed by atoms with Crippen LogP contribution in [0.5, 0.6) is 0 Å². The molecule has 2 aliphatic rings. The predicted octanol–water partition coefficient (Wildman–Crippen LogP) is 3.30. The molecule has 0 radical (unpaired) electrons. The van der Waals surface area contributed by atoms with Gasteiger partial charge in [0, 0.05) is 0 Å². The summed E-state index contributed by atoms with van der Waals surface area (Å²) in [7, 11) is 0. The van der Waals surface area contributed by atoms with Crippen LogP contribution in [0, 0.1) is 11.8 Å². The van der Waals surface area contributed by atoms with Crippen LogP contribution in [0.3, 0.4) is 0 Å². The zero-order valence-electron chi connectivity index (χ0n) is 7.05. The Kier molecular flexibility index (Phi) is 2.14. The lowest BCUT2D eigenvalue weighted by Gasteiger charge is -1.95. The highest BCUT2D eigenvalue weighted by molar-refractivity contribution is 4.98. The van der Waals surface area contributed by atoms with Gasteiger partial charge in [-0.2, -0.15) is 0 Å². The van der Waals surface area contributed by atoms with E-state index in [0.29, 0.717) is 0 Å². The molecular weight excluding hydrogens is 132 g/mol. The van der Waals surface area contributed by atoms with E-state index in [0.717, 1.165) is 11.8 Å². The average molecular weight is 148 g/mol. The fourth-order valence-corrected chi connectivity index (χ4v) is 1.71. The van der Waals surface area contributed by atoms with E-state index in [1.54, 1.807) is 0 Å². The quantitative estimate of drug-likeness (QED) is 0.527. The topological polar surface area (TPSA) is 0 Å². The summed E-state index contributed by atoms with van der Waals surface area (Å²) in [4.78, 5) is 0. The van der Waals surface area contributed by atoms with E-state index in [1.807, 2.05) is 0 Å². The fraction of sp³-hybridized carbons (Fsp3) is 0.727. The minimum atomic E-state index is 0.866. The minimum Gasteiger partial charge on any atom is -0.129 e. The number of rotatable bonds is 2. The van der Waals surface area contributed by atoms with Gasteiger partial charge in [0.05, 0.1) is 0 Å². The third kappa shape index (κ3) is 2.24. The molecule has 0 aromatic heterocycles. The van der Waals surface area contributed by atoms with Gasteiger partial charge in [0.25, 0.3) is 0 Å². The van der Waals surface area contributed by atoms with Gasteiger partial charge >= 0.3 is 0 Å². The smallest absolute Gasteiger partial charge is 0.0157 e. The van der Waals surface area contributed by atoms with Crippen LogP contribution in [0.1, 0.15) is 38.5 Å². The molecule has 2 rings (SSSR count). The van der Waals surface area contributed by atoms with Crippen molar-refractivity contribution in [1.29, 1.82) is 0 Å². The Morgan fingerprint density at radius 2 is 1.36 bits per heavy atom. The second kappa shape index (κ2) is 3.28. The molecule has 0 heteroatoms. The normalized spacial score (nSPS) is 24.7. The number of allylic oxidation sites excluding steroid dienone is 1. The Labute approximate surface area is 69.0 Å². The van der Waals surface area contributed by atoms with Gasteiger partial charge in [-0.3, -0.25) is 0 Å². The van der Waals surface area contributed by atoms with Crippen molar-refractivity contribution in [2.24, 2.45) is 11.8 Å². The van der Waals surface area contributed by atoms with Gasteiger partial charge in [-0.05, 0) is 49.7 Å². The molecule has 0 atom stereocenters. The molecule has 0 amide bonds. The van der Waals surface area contributed by atoms with Crippen LogP contribution in [-0.2, 0) is 0 Å². The Balaban J connectivity index is 1.81. The van der Waals surface area contributed by atoms with Crippen LogP contribution >= 0.6 is 0 Å². The molecule has 0 aromatic carbocycles. The van der Waals surface area contributed by atoms with Gasteiger partial charge in [-0.25, -0.2) is 0 Å². The Bertz CT molecular complexity index is 174. The summed E-state index contributed by atoms with van der Waals surface area (Å²) in [6, 6.07) is 0. The van der Waals surface area contributed by atoms with Crippen molar-refractivity contribution >= 4 is 0 Å². The highest BCUT2D eigenvalue weighted by Crippen LogP contribution is 2.30. The molecule has 0 aliphatic heterocycles. The molecule has 0 saturated heterocycles. The van der Waals surface area contributed by atoms with Crippen molar-refractivity contribution in [3.8, 4) is 0 Å². The summed E-state index contributed by atoms with van der Waals surface area (Å²) in [5.41, 5.74) is 3.34. The molecule has 0 N–H and O–H groups in total. The van der Waals surface area contributed by atoms with Gasteiger partial charge in [0.15, 0.2) is 0 Å². The second-order valence-electron chi connectivity index (χ2n) is 3.88. The molecule has 60 valence electrons. The molecule has 0 nitrogen and oxygen atoms in total. The molecule has 0 spiro atoms. The second-order valence-corrected chi connectivity index (χ2v) is 3.88. The SMILES string of the molecule is C(=CC1CCCC1)=CC1CC1. The highest BCUT2D eigenvalue weighted by atomic mass is 14.2. The van der Waals surface area contributed by atoms with E-state index in [1.165, 1.54) is 38.5 Å². The molecule has 11 heavy (non-hydrogen) atoms. The van der Waals surface area contributed by atoms with Crippen LogP contribution in [0.15, 0.2) is 17.9 Å². The van der Waals surface area contributed by atoms with Gasteiger partial charge in [-0.1, -0.05) is 12.8 Å². The van der Waals surface area contributed by atoms with Crippen molar-refractivity contribution in [2.75, 3.05) is 0 Å². The molecule has 0 unspecified atom stereocenters. The monoisotopic (exact) mass is 148 g/mol. The summed E-state index contributed by atoms with van der Waals surface area (Å²) in [6.07, 6.45) is 13.1. The summed E-state index contributed by atoms with van der Waals surface area (Å²) >= 11 is 0. The van der Waals surface area contributed by atoms with E-state index in [4.69, 9.17) is 0 Å². The van der Waals surface area contributed by atoms with Crippen LogP contribution in [0.25, 0.3) is 0 Å². The Hall–Kier alpha value is -0.480. The third-order valence-corrected chi connectivity index (χ3v) is 2.69. The van der Waals surface area contributed by atoms with Crippen LogP contribution < -0.4 is 0 Å². The lowest BCUT2D eigenvalue weighted by atomic mass is 10.1. The van der Waals surface area contributed by atoms with Gasteiger partial charge in [-0.15, -0.1) is 5.73 Å². The standard InChI is InChI=1S/C11H16/c1-2-5-10(4-1)6-3-7-11-8-9-11/h6-7,10-11H,1-2,4-5,8-9H2. The first-order valence-electron chi connectivity index (χ1n) is 4.88. The van der Waals surface area contributed by atoms with Crippen molar-refractivity contribution in [3.63, 3.8) is 0 Å². The summed E-state index contributed by atoms with van der Waals surface area (Å²) in [5.74, 6) is 1.76. The molecule has 2 saturated carbocycles. The minimum absolute atomic E-state index is 0.866. The molecule has 0 aromatic rings. The van der Waals surface area contributed by atoms with Crippen molar-refractivity contribution < 1.29 is 0 Å². The van der Waals surface area contributed by atoms with Gasteiger partial charge in [0.1, 0.15) is 0 Å². The van der Waals surface area contributed by atoms with E-state index in [2.05, 4.69) is 17.9 Å². The maximum absolute atomic E-state index is 3.34. The first kappa shape index (κ1) is 7.18. The summed E-state index contributed by atoms with van der Waals surface area (Å²) in [5, 5.41) is 0. The van der Waals surface area contributed by atoms with Crippen molar-refractivity contribution in [2.45, 2.75) is 38.5 Å². The maximum Gasteiger partial charge on any atom is -0.0157 e. The van der Waals surface area contributed by atoms with Crippen molar-refractivity contribution in [3.05, 3.63) is 17.9 Å². The van der Waals surface area contributed by atoms with E-state index in [9.17, 15) is 0 Å². The molecule has 2 fully saturated rings. The predicted molar refractivity (Wildman–Crippen MR) is 47.3 cm³/mol. The zero-order valence-corrected chi connectivity index (χ0v) is 7.05. The molecule has 2 aliphatic carbocycles. The first-order valence-corrected chi connectivity index (χ1v) is 4.88. The lowest BCUT2D eigenvalue weighted by Crippen LogP contribution is -1.83. The summed E-state index contributed by atoms with van der Waals surface area (Å²) < 4.78 is 0. The Morgan fingerprint density at radius 1 is 0.818 bits per heavy atom. The van der Waals surface area contributed by atoms with Gasteiger partial charge < -0.3 is 0 Å². The number of hydrogen-bond donors (Lipinski definition) is 0. The fourth-order valence-electron chi connectivity index (χ4n) is 1.71. The van der Waals surface area contributed by atoms with E-state index >= 15 is 0 Å².